The minimum atomic E-state index is -0.108. The summed E-state index contributed by atoms with van der Waals surface area (Å²) >= 11 is 1.45. The third-order valence-electron chi connectivity index (χ3n) is 3.82. The number of benzene rings is 1. The molecule has 8 nitrogen and oxygen atoms in total. The number of methoxy groups -OCH3 is 2. The molecule has 0 bridgehead atoms. The summed E-state index contributed by atoms with van der Waals surface area (Å²) in [5.74, 6) is 2.18. The van der Waals surface area contributed by atoms with Crippen molar-refractivity contribution in [3.63, 3.8) is 0 Å². The van der Waals surface area contributed by atoms with Crippen LogP contribution in [0.3, 0.4) is 0 Å². The predicted octanol–water partition coefficient (Wildman–Crippen LogP) is 2.90. The molecule has 0 atom stereocenters. The molecule has 0 aliphatic rings. The van der Waals surface area contributed by atoms with E-state index in [9.17, 15) is 4.79 Å². The summed E-state index contributed by atoms with van der Waals surface area (Å²) in [4.78, 5) is 13.0. The van der Waals surface area contributed by atoms with Crippen LogP contribution in [0.15, 0.2) is 18.2 Å². The number of fused-ring (bicyclic) bond motifs is 1. The van der Waals surface area contributed by atoms with E-state index in [0.717, 1.165) is 15.8 Å². The second-order valence-corrected chi connectivity index (χ2v) is 7.06. The van der Waals surface area contributed by atoms with E-state index < -0.39 is 0 Å². The van der Waals surface area contributed by atoms with Crippen molar-refractivity contribution in [2.75, 3.05) is 19.5 Å². The first-order chi connectivity index (χ1) is 12.5. The number of carbonyl (C=O) groups is 1. The minimum absolute atomic E-state index is 0.108. The van der Waals surface area contributed by atoms with Crippen LogP contribution in [0.4, 0.5) is 5.69 Å². The fourth-order valence-electron chi connectivity index (χ4n) is 2.47. The number of ether oxygens (including phenoxy) is 2. The van der Waals surface area contributed by atoms with E-state index in [4.69, 9.17) is 9.47 Å². The van der Waals surface area contributed by atoms with E-state index in [2.05, 4.69) is 20.6 Å². The predicted molar refractivity (Wildman–Crippen MR) is 99.2 cm³/mol. The van der Waals surface area contributed by atoms with Crippen LogP contribution in [-0.4, -0.2) is 39.9 Å². The molecule has 0 fully saturated rings. The molecule has 1 aromatic carbocycles. The molecule has 3 aromatic rings. The van der Waals surface area contributed by atoms with Crippen LogP contribution >= 0.6 is 11.3 Å². The van der Waals surface area contributed by atoms with E-state index in [0.29, 0.717) is 30.0 Å². The average Bonchev–Trinajstić information content (AvgIpc) is 3.20. The van der Waals surface area contributed by atoms with E-state index in [1.807, 2.05) is 13.8 Å². The van der Waals surface area contributed by atoms with Crippen molar-refractivity contribution in [1.82, 2.24) is 19.8 Å². The first kappa shape index (κ1) is 18.1. The largest absolute Gasteiger partial charge is 0.497 e. The summed E-state index contributed by atoms with van der Waals surface area (Å²) in [6, 6.07) is 5.26. The number of rotatable bonds is 7. The van der Waals surface area contributed by atoms with Gasteiger partial charge in [-0.15, -0.1) is 10.2 Å². The van der Waals surface area contributed by atoms with Crippen LogP contribution in [0.5, 0.6) is 11.5 Å². The molecule has 0 aliphatic heterocycles. The number of aryl methyl sites for hydroxylation is 1. The number of hydrogen-bond acceptors (Lipinski definition) is 7. The zero-order chi connectivity index (χ0) is 18.7. The molecule has 0 unspecified atom stereocenters. The van der Waals surface area contributed by atoms with Crippen LogP contribution in [-0.2, 0) is 11.2 Å². The molecule has 26 heavy (non-hydrogen) atoms. The molecule has 2 aromatic heterocycles. The molecule has 3 rings (SSSR count). The van der Waals surface area contributed by atoms with Crippen molar-refractivity contribution in [3.05, 3.63) is 29.0 Å². The lowest BCUT2D eigenvalue weighted by atomic mass is 10.2. The van der Waals surface area contributed by atoms with Gasteiger partial charge in [-0.05, 0) is 12.1 Å². The second-order valence-electron chi connectivity index (χ2n) is 6.02. The lowest BCUT2D eigenvalue weighted by molar-refractivity contribution is -0.116. The van der Waals surface area contributed by atoms with Crippen molar-refractivity contribution in [3.8, 4) is 11.5 Å². The van der Waals surface area contributed by atoms with Gasteiger partial charge in [0.05, 0.1) is 19.9 Å². The van der Waals surface area contributed by atoms with Gasteiger partial charge in [0.15, 0.2) is 5.82 Å². The van der Waals surface area contributed by atoms with Crippen molar-refractivity contribution >= 4 is 27.9 Å². The van der Waals surface area contributed by atoms with Crippen LogP contribution in [0.25, 0.3) is 4.96 Å². The summed E-state index contributed by atoms with van der Waals surface area (Å²) in [5, 5.41) is 16.5. The van der Waals surface area contributed by atoms with E-state index in [1.165, 1.54) is 11.3 Å². The van der Waals surface area contributed by atoms with Crippen molar-refractivity contribution in [2.24, 2.45) is 0 Å². The molecule has 1 N–H and O–H groups in total. The second kappa shape index (κ2) is 7.69. The van der Waals surface area contributed by atoms with Crippen molar-refractivity contribution < 1.29 is 14.3 Å². The highest BCUT2D eigenvalue weighted by molar-refractivity contribution is 7.16. The molecular weight excluding hydrogens is 354 g/mol. The zero-order valence-corrected chi connectivity index (χ0v) is 16.0. The first-order valence-electron chi connectivity index (χ1n) is 8.24. The van der Waals surface area contributed by atoms with E-state index in [1.54, 1.807) is 36.9 Å². The third-order valence-corrected chi connectivity index (χ3v) is 4.78. The summed E-state index contributed by atoms with van der Waals surface area (Å²) in [5.41, 5.74) is 0.610. The molecular formula is C17H21N5O3S. The zero-order valence-electron chi connectivity index (χ0n) is 15.1. The van der Waals surface area contributed by atoms with Gasteiger partial charge in [-0.3, -0.25) is 4.79 Å². The smallest absolute Gasteiger partial charge is 0.234 e. The highest BCUT2D eigenvalue weighted by Crippen LogP contribution is 2.29. The number of amides is 1. The Kier molecular flexibility index (Phi) is 5.36. The van der Waals surface area contributed by atoms with Crippen LogP contribution in [0.1, 0.15) is 37.0 Å². The maximum atomic E-state index is 12.3. The molecule has 0 radical (unpaired) electrons. The fourth-order valence-corrected chi connectivity index (χ4v) is 3.31. The molecule has 0 saturated carbocycles. The third kappa shape index (κ3) is 3.77. The number of aromatic nitrogens is 4. The van der Waals surface area contributed by atoms with Crippen LogP contribution < -0.4 is 14.8 Å². The summed E-state index contributed by atoms with van der Waals surface area (Å²) in [6.45, 7) is 4.09. The maximum Gasteiger partial charge on any atom is 0.234 e. The summed E-state index contributed by atoms with van der Waals surface area (Å²) < 4.78 is 12.2. The Hall–Kier alpha value is -2.68. The summed E-state index contributed by atoms with van der Waals surface area (Å²) in [7, 11) is 3.13. The molecule has 1 amide bonds. The van der Waals surface area contributed by atoms with Gasteiger partial charge in [-0.1, -0.05) is 25.2 Å². The molecule has 0 saturated heterocycles. The Balaban J connectivity index is 1.64. The quantitative estimate of drug-likeness (QED) is 0.683. The topological polar surface area (TPSA) is 90.6 Å². The van der Waals surface area contributed by atoms with Gasteiger partial charge in [0.2, 0.25) is 10.9 Å². The Labute approximate surface area is 155 Å². The fraction of sp³-hybridized carbons (Fsp3) is 0.412. The van der Waals surface area contributed by atoms with Crippen LogP contribution in [0.2, 0.25) is 0 Å². The van der Waals surface area contributed by atoms with E-state index in [-0.39, 0.29) is 11.8 Å². The first-order valence-corrected chi connectivity index (χ1v) is 9.06. The number of hydrogen-bond donors (Lipinski definition) is 1. The van der Waals surface area contributed by atoms with E-state index >= 15 is 0 Å². The Bertz CT molecular complexity index is 918. The van der Waals surface area contributed by atoms with Crippen LogP contribution in [0, 0.1) is 0 Å². The standard InChI is InChI=1S/C17H21N5O3S/c1-10(2)16-19-20-17-22(16)21-15(26-17)8-7-14(23)18-12-6-5-11(24-3)9-13(12)25-4/h5-6,9-10H,7-8H2,1-4H3,(H,18,23). The number of anilines is 1. The normalized spacial score (nSPS) is 11.1. The average molecular weight is 375 g/mol. The minimum Gasteiger partial charge on any atom is -0.497 e. The van der Waals surface area contributed by atoms with Gasteiger partial charge in [0.1, 0.15) is 16.5 Å². The van der Waals surface area contributed by atoms with Gasteiger partial charge in [0, 0.05) is 24.8 Å². The van der Waals surface area contributed by atoms with Gasteiger partial charge in [-0.25, -0.2) is 0 Å². The molecule has 9 heteroatoms. The van der Waals surface area contributed by atoms with Gasteiger partial charge in [-0.2, -0.15) is 9.61 Å². The lowest BCUT2D eigenvalue weighted by Crippen LogP contribution is -2.13. The molecule has 0 aliphatic carbocycles. The Morgan fingerprint density at radius 1 is 1.27 bits per heavy atom. The molecule has 138 valence electrons. The Morgan fingerprint density at radius 3 is 2.77 bits per heavy atom. The van der Waals surface area contributed by atoms with Gasteiger partial charge >= 0.3 is 0 Å². The highest BCUT2D eigenvalue weighted by atomic mass is 32.1. The molecule has 2 heterocycles. The van der Waals surface area contributed by atoms with Crippen molar-refractivity contribution in [1.29, 1.82) is 0 Å². The van der Waals surface area contributed by atoms with Gasteiger partial charge in [0.25, 0.3) is 0 Å². The Morgan fingerprint density at radius 2 is 2.08 bits per heavy atom. The number of nitrogens with one attached hydrogen (secondary N) is 1. The number of carbonyl (C=O) groups excluding carboxylic acids is 1. The number of nitrogens with zero attached hydrogens (tertiary/aromatic N) is 4. The maximum absolute atomic E-state index is 12.3. The summed E-state index contributed by atoms with van der Waals surface area (Å²) in [6.07, 6.45) is 0.853. The highest BCUT2D eigenvalue weighted by Gasteiger charge is 2.15. The lowest BCUT2D eigenvalue weighted by Gasteiger charge is -2.11. The monoisotopic (exact) mass is 375 g/mol. The SMILES string of the molecule is COc1ccc(NC(=O)CCc2nn3c(C(C)C)nnc3s2)c(OC)c1. The van der Waals surface area contributed by atoms with Gasteiger partial charge < -0.3 is 14.8 Å². The molecule has 0 spiro atoms. The van der Waals surface area contributed by atoms with Crippen molar-refractivity contribution in [2.45, 2.75) is 32.6 Å².